The summed E-state index contributed by atoms with van der Waals surface area (Å²) >= 11 is 6.22. The van der Waals surface area contributed by atoms with Gasteiger partial charge in [-0.25, -0.2) is 4.79 Å². The van der Waals surface area contributed by atoms with Gasteiger partial charge in [-0.15, -0.1) is 0 Å². The Morgan fingerprint density at radius 2 is 1.89 bits per heavy atom. The van der Waals surface area contributed by atoms with Crippen molar-refractivity contribution in [2.75, 3.05) is 26.5 Å². The summed E-state index contributed by atoms with van der Waals surface area (Å²) in [4.78, 5) is 52.1. The number of likely N-dealkylation sites (N-methyl/N-ethyl adjacent to an activating group) is 1. The number of hydrogen-bond donors (Lipinski definition) is 6. The zero-order valence-corrected chi connectivity index (χ0v) is 20.2. The number of anilines is 1. The zero-order chi connectivity index (χ0) is 26.9. The minimum Gasteiger partial charge on any atom is -0.510 e. The number of phenolic OH excluding ortho intramolecular Hbond substituents is 1. The number of carbonyl (C=O) groups excluding carboxylic acids is 4. The van der Waals surface area contributed by atoms with E-state index in [9.17, 15) is 39.6 Å². The normalized spacial score (nSPS) is 27.4. The standard InChI is InChI=1S/C23H24ClN3O9/c1-27(2)16-9-5-7-4-8-13(11(28)6-10(24)15(8)26-22(34)36-3)17(29)12(7)19(31)23(9,35)20(32)14(18(16)30)21(25)33/h6-7,9,16,28,30-31,35H,4-5H2,1-3H3,(H2,25,33)(H,26,34). The number of allylic oxidation sites excluding steroid dienone is 1. The smallest absolute Gasteiger partial charge is 0.411 e. The number of primary amides is 1. The maximum Gasteiger partial charge on any atom is 0.411 e. The summed E-state index contributed by atoms with van der Waals surface area (Å²) in [5.74, 6) is -7.71. The lowest BCUT2D eigenvalue weighted by molar-refractivity contribution is -0.148. The number of ether oxygens (including phenoxy) is 1. The number of Topliss-reactive ketones (excluding diaryl/α,β-unsaturated/α-hetero) is 2. The van der Waals surface area contributed by atoms with Crippen LogP contribution in [0.25, 0.3) is 0 Å². The molecule has 12 nitrogen and oxygen atoms in total. The van der Waals surface area contributed by atoms with Crippen molar-refractivity contribution in [3.05, 3.63) is 44.9 Å². The number of methoxy groups -OCH3 is 1. The van der Waals surface area contributed by atoms with E-state index in [1.54, 1.807) is 0 Å². The van der Waals surface area contributed by atoms with E-state index < -0.39 is 69.9 Å². The molecule has 0 aromatic heterocycles. The zero-order valence-electron chi connectivity index (χ0n) is 19.5. The number of carbonyl (C=O) groups is 4. The molecule has 1 aromatic carbocycles. The Labute approximate surface area is 209 Å². The molecule has 0 saturated carbocycles. The van der Waals surface area contributed by atoms with Gasteiger partial charge in [-0.1, -0.05) is 11.6 Å². The van der Waals surface area contributed by atoms with Gasteiger partial charge in [0.1, 0.15) is 22.8 Å². The number of nitrogens with zero attached hydrogens (tertiary/aromatic N) is 1. The number of aromatic hydroxyl groups is 1. The van der Waals surface area contributed by atoms with Crippen LogP contribution < -0.4 is 11.1 Å². The largest absolute Gasteiger partial charge is 0.510 e. The summed E-state index contributed by atoms with van der Waals surface area (Å²) in [6, 6.07) is -0.0856. The fourth-order valence-corrected chi connectivity index (χ4v) is 5.85. The molecule has 0 spiro atoms. The summed E-state index contributed by atoms with van der Waals surface area (Å²) in [6.45, 7) is 0. The molecule has 3 aliphatic carbocycles. The average Bonchev–Trinajstić information content (AvgIpc) is 2.78. The van der Waals surface area contributed by atoms with Gasteiger partial charge in [0.25, 0.3) is 5.91 Å². The van der Waals surface area contributed by atoms with Crippen LogP contribution in [0.15, 0.2) is 28.7 Å². The number of nitrogens with two attached hydrogens (primary N) is 1. The predicted molar refractivity (Wildman–Crippen MR) is 125 cm³/mol. The van der Waals surface area contributed by atoms with Gasteiger partial charge in [0, 0.05) is 17.6 Å². The first-order valence-corrected chi connectivity index (χ1v) is 11.2. The quantitative estimate of drug-likeness (QED) is 0.246. The van der Waals surface area contributed by atoms with Crippen molar-refractivity contribution in [1.29, 1.82) is 0 Å². The van der Waals surface area contributed by atoms with E-state index in [-0.39, 0.29) is 40.3 Å². The second-order valence-corrected chi connectivity index (χ2v) is 9.59. The van der Waals surface area contributed by atoms with E-state index in [4.69, 9.17) is 17.3 Å². The van der Waals surface area contributed by atoms with Crippen LogP contribution in [-0.2, 0) is 20.7 Å². The highest BCUT2D eigenvalue weighted by atomic mass is 35.5. The molecule has 0 saturated heterocycles. The fourth-order valence-electron chi connectivity index (χ4n) is 5.58. The van der Waals surface area contributed by atoms with Crippen molar-refractivity contribution in [3.8, 4) is 5.75 Å². The number of rotatable bonds is 3. The Hall–Kier alpha value is -3.61. The first kappa shape index (κ1) is 25.5. The number of hydrogen-bond acceptors (Lipinski definition) is 10. The lowest BCUT2D eigenvalue weighted by Gasteiger charge is -2.50. The monoisotopic (exact) mass is 521 g/mol. The van der Waals surface area contributed by atoms with Crippen LogP contribution in [0.5, 0.6) is 5.75 Å². The molecule has 7 N–H and O–H groups in total. The summed E-state index contributed by atoms with van der Waals surface area (Å²) in [5, 5.41) is 46.4. The number of benzene rings is 1. The maximum absolute atomic E-state index is 13.6. The molecule has 13 heteroatoms. The van der Waals surface area contributed by atoms with E-state index in [1.807, 2.05) is 0 Å². The van der Waals surface area contributed by atoms with Crippen molar-refractivity contribution < 1.29 is 44.3 Å². The van der Waals surface area contributed by atoms with Crippen molar-refractivity contribution >= 4 is 40.9 Å². The minimum absolute atomic E-state index is 0.0201. The third-order valence-electron chi connectivity index (χ3n) is 7.09. The molecule has 4 rings (SSSR count). The van der Waals surface area contributed by atoms with Crippen LogP contribution >= 0.6 is 11.6 Å². The predicted octanol–water partition coefficient (Wildman–Crippen LogP) is 0.952. The van der Waals surface area contributed by atoms with Gasteiger partial charge in [0.05, 0.1) is 29.4 Å². The molecule has 0 radical (unpaired) electrons. The molecular weight excluding hydrogens is 498 g/mol. The summed E-state index contributed by atoms with van der Waals surface area (Å²) in [7, 11) is 4.19. The van der Waals surface area contributed by atoms with Gasteiger partial charge in [-0.3, -0.25) is 24.6 Å². The van der Waals surface area contributed by atoms with Crippen LogP contribution in [-0.4, -0.2) is 81.7 Å². The van der Waals surface area contributed by atoms with Gasteiger partial charge in [-0.05, 0) is 38.4 Å². The number of amides is 2. The molecular formula is C23H24ClN3O9. The van der Waals surface area contributed by atoms with Gasteiger partial charge in [0.15, 0.2) is 11.4 Å². The third-order valence-corrected chi connectivity index (χ3v) is 7.39. The lowest BCUT2D eigenvalue weighted by Crippen LogP contribution is -2.63. The Balaban J connectivity index is 1.96. The fraction of sp³-hybridized carbons (Fsp3) is 0.391. The average molecular weight is 522 g/mol. The van der Waals surface area contributed by atoms with Crippen LogP contribution in [0.4, 0.5) is 10.5 Å². The van der Waals surface area contributed by atoms with Crippen LogP contribution in [0.1, 0.15) is 22.3 Å². The van der Waals surface area contributed by atoms with E-state index in [0.29, 0.717) is 0 Å². The molecule has 4 atom stereocenters. The molecule has 0 aliphatic heterocycles. The number of aliphatic hydroxyl groups excluding tert-OH is 2. The second-order valence-electron chi connectivity index (χ2n) is 9.19. The minimum atomic E-state index is -2.74. The number of aliphatic hydroxyl groups is 3. The van der Waals surface area contributed by atoms with Crippen LogP contribution in [0.2, 0.25) is 5.02 Å². The number of nitrogens with one attached hydrogen (secondary N) is 1. The van der Waals surface area contributed by atoms with E-state index >= 15 is 0 Å². The second kappa shape index (κ2) is 8.50. The topological polar surface area (TPSA) is 200 Å². The lowest BCUT2D eigenvalue weighted by atomic mass is 9.58. The summed E-state index contributed by atoms with van der Waals surface area (Å²) in [6.07, 6.45) is -1.02. The van der Waals surface area contributed by atoms with Crippen molar-refractivity contribution in [1.82, 2.24) is 4.90 Å². The molecule has 192 valence electrons. The van der Waals surface area contributed by atoms with Gasteiger partial charge >= 0.3 is 6.09 Å². The molecule has 0 heterocycles. The van der Waals surface area contributed by atoms with Gasteiger partial charge < -0.3 is 30.9 Å². The number of ketones is 2. The molecule has 36 heavy (non-hydrogen) atoms. The third kappa shape index (κ3) is 3.36. The number of halogens is 1. The van der Waals surface area contributed by atoms with Crippen molar-refractivity contribution in [2.45, 2.75) is 24.5 Å². The molecule has 0 bridgehead atoms. The summed E-state index contributed by atoms with van der Waals surface area (Å²) in [5.41, 5.74) is 1.26. The molecule has 0 fully saturated rings. The molecule has 1 aromatic rings. The van der Waals surface area contributed by atoms with Crippen LogP contribution in [0, 0.1) is 11.8 Å². The summed E-state index contributed by atoms with van der Waals surface area (Å²) < 4.78 is 4.61. The number of fused-ring (bicyclic) bond motifs is 3. The Bertz CT molecular complexity index is 1300. The van der Waals surface area contributed by atoms with Crippen molar-refractivity contribution in [2.24, 2.45) is 17.6 Å². The SMILES string of the molecule is COC(=O)Nc1c(Cl)cc(O)c2c1CC1CC3C(N(C)C)C(O)=C(C(N)=O)C(=O)C3(O)C(O)=C1C2=O. The Morgan fingerprint density at radius 3 is 2.44 bits per heavy atom. The highest BCUT2D eigenvalue weighted by Gasteiger charge is 2.63. The van der Waals surface area contributed by atoms with E-state index in [0.717, 1.165) is 13.2 Å². The van der Waals surface area contributed by atoms with Gasteiger partial charge in [-0.2, -0.15) is 0 Å². The molecule has 4 unspecified atom stereocenters. The Morgan fingerprint density at radius 1 is 1.25 bits per heavy atom. The molecule has 3 aliphatic rings. The van der Waals surface area contributed by atoms with E-state index in [2.05, 4.69) is 10.1 Å². The maximum atomic E-state index is 13.6. The van der Waals surface area contributed by atoms with Crippen molar-refractivity contribution in [3.63, 3.8) is 0 Å². The first-order valence-electron chi connectivity index (χ1n) is 10.8. The highest BCUT2D eigenvalue weighted by molar-refractivity contribution is 6.34. The number of phenols is 1. The van der Waals surface area contributed by atoms with E-state index in [1.165, 1.54) is 19.0 Å². The van der Waals surface area contributed by atoms with Gasteiger partial charge in [0.2, 0.25) is 5.78 Å². The molecule has 2 amide bonds. The first-order chi connectivity index (χ1) is 16.8. The highest BCUT2D eigenvalue weighted by Crippen LogP contribution is 2.53. The Kier molecular flexibility index (Phi) is 6.02. The van der Waals surface area contributed by atoms with Crippen LogP contribution in [0.3, 0.4) is 0 Å².